The Morgan fingerprint density at radius 1 is 0.606 bits per heavy atom. The number of benzene rings is 7. The molecule has 30 heteroatoms. The Kier molecular flexibility index (Phi) is 21.9. The van der Waals surface area contributed by atoms with E-state index >= 15 is 8.78 Å². The number of aromatic amines is 1. The summed E-state index contributed by atoms with van der Waals surface area (Å²) in [6.07, 6.45) is 5.26. The highest BCUT2D eigenvalue weighted by atomic mass is 35.5. The molecule has 25 nitrogen and oxygen atoms in total. The third-order valence-electron chi connectivity index (χ3n) is 19.9. The van der Waals surface area contributed by atoms with Gasteiger partial charge >= 0.3 is 18.0 Å². The number of piperazine rings is 3. The Balaban J connectivity index is 0.000000144. The summed E-state index contributed by atoms with van der Waals surface area (Å²) in [7, 11) is 4.34. The molecule has 3 N–H and O–H groups in total. The van der Waals surface area contributed by atoms with Gasteiger partial charge in [0.15, 0.2) is 17.5 Å². The summed E-state index contributed by atoms with van der Waals surface area (Å²) in [5.41, 5.74) is 5.89. The number of aromatic nitrogens is 8. The zero-order valence-electron chi connectivity index (χ0n) is 59.7. The van der Waals surface area contributed by atoms with Gasteiger partial charge in [0.1, 0.15) is 40.0 Å². The minimum absolute atomic E-state index is 0.000633. The quantitative estimate of drug-likeness (QED) is 0.0852. The minimum Gasteiger partial charge on any atom is -0.508 e. The highest BCUT2D eigenvalue weighted by Crippen LogP contribution is 2.46. The second-order valence-corrected chi connectivity index (χ2v) is 27.0. The molecule has 8 heterocycles. The largest absolute Gasteiger partial charge is 0.508 e. The molecule has 0 radical (unpaired) electrons. The van der Waals surface area contributed by atoms with Gasteiger partial charge < -0.3 is 58.7 Å². The number of nitrogens with zero attached hydrogens (tertiary/aromatic N) is 16. The number of methoxy groups -OCH3 is 3. The van der Waals surface area contributed by atoms with Gasteiger partial charge in [-0.1, -0.05) is 97.5 Å². The van der Waals surface area contributed by atoms with Crippen LogP contribution in [0, 0.1) is 41.2 Å². The second-order valence-electron chi connectivity index (χ2n) is 26.2. The summed E-state index contributed by atoms with van der Waals surface area (Å²) in [6.45, 7) is 17.2. The standard InChI is InChI=1S/C27H28N6O3.C26H21ClF2N4O3.C26H23ClFN7O2/c1-3-25(35)33-13-12-32(16-19(33)8-10-28)26-22-9-11-31(17-23(22)29-27(30-26)36-2)24-15-20(34)14-18-6-4-5-7-21(18)24;1-14(28)25(35)33-9-7-32(8-10-33)24-19-13-20(27)21(22(29)23(19)30-26(31-24)36-2)18-12-16(34)11-15-5-3-4-6-17(15)18;1-4-20(36)35-10-9-34(13-15(35)7-8-29)25-16-11-18(27)22(23(28)24(16)31-26(32-25)37-3)21-14(2)5-6-19-17(21)12-30-33-19/h3-7,14-15,19,34H,1,8-9,11-13,16-17H2,2H3;3-6,11-13,34H,1,7-10H2,2H3;4-6,11-12,15H,1,7,9-10,13H2,2-3H3,(H,30,33)/t19-;;15-/m0.0/s1. The lowest BCUT2D eigenvalue weighted by atomic mass is 9.95. The normalized spacial score (nSPS) is 15.7. The van der Waals surface area contributed by atoms with Gasteiger partial charge in [0, 0.05) is 128 Å². The topological polar surface area (TPSA) is 296 Å². The van der Waals surface area contributed by atoms with Crippen LogP contribution in [0.25, 0.3) is 76.5 Å². The van der Waals surface area contributed by atoms with E-state index in [0.717, 1.165) is 61.9 Å². The number of hydrogen-bond acceptors (Lipinski definition) is 21. The molecular formula is C79H72Cl2F3N17O8. The first kappa shape index (κ1) is 74.7. The van der Waals surface area contributed by atoms with Crippen molar-refractivity contribution in [3.63, 3.8) is 0 Å². The molecule has 0 aliphatic carbocycles. The molecule has 7 aromatic carbocycles. The van der Waals surface area contributed by atoms with Crippen molar-refractivity contribution in [3.05, 3.63) is 179 Å². The fourth-order valence-corrected chi connectivity index (χ4v) is 15.2. The molecule has 4 aliphatic rings. The summed E-state index contributed by atoms with van der Waals surface area (Å²) in [5.74, 6) is -1.65. The number of anilines is 4. The molecule has 109 heavy (non-hydrogen) atoms. The number of nitrogens with one attached hydrogen (secondary N) is 1. The minimum atomic E-state index is -1.02. The van der Waals surface area contributed by atoms with Crippen LogP contribution in [0.2, 0.25) is 10.0 Å². The number of amides is 3. The molecule has 556 valence electrons. The first-order chi connectivity index (χ1) is 52.7. The van der Waals surface area contributed by atoms with E-state index in [1.807, 2.05) is 71.3 Å². The van der Waals surface area contributed by atoms with E-state index in [-0.39, 0.29) is 112 Å². The molecule has 4 aliphatic heterocycles. The van der Waals surface area contributed by atoms with Gasteiger partial charge in [0.25, 0.3) is 5.91 Å². The zero-order chi connectivity index (χ0) is 77.1. The van der Waals surface area contributed by atoms with Gasteiger partial charge in [0.2, 0.25) is 11.8 Å². The van der Waals surface area contributed by atoms with Crippen molar-refractivity contribution in [1.82, 2.24) is 54.8 Å². The van der Waals surface area contributed by atoms with E-state index in [9.17, 15) is 39.5 Å². The molecule has 3 saturated heterocycles. The smallest absolute Gasteiger partial charge is 0.318 e. The SMILES string of the molecule is C=C(F)C(=O)N1CCN(c2nc(OC)nc3c(F)c(-c4cc(O)cc5ccccc45)c(Cl)cc23)CC1.C=CC(=O)N1CCN(c2nc(OC)nc3c(F)c(-c4c(C)ccc5[nH]ncc45)c(Cl)cc23)C[C@@H]1CC#N.C=CC(=O)N1CCN(c2nc(OC)nc3c2CCN(c2cc(O)cc4ccccc24)C3)C[C@@H]1CC#N. The van der Waals surface area contributed by atoms with Gasteiger partial charge in [-0.3, -0.25) is 19.5 Å². The summed E-state index contributed by atoms with van der Waals surface area (Å²) in [6, 6.07) is 32.9. The fourth-order valence-electron chi connectivity index (χ4n) is 14.7. The van der Waals surface area contributed by atoms with E-state index in [4.69, 9.17) is 42.4 Å². The Bertz CT molecular complexity index is 5580. The Hall–Kier alpha value is -12.5. The summed E-state index contributed by atoms with van der Waals surface area (Å²) >= 11 is 13.4. The summed E-state index contributed by atoms with van der Waals surface area (Å²) in [4.78, 5) is 76.3. The third kappa shape index (κ3) is 14.8. The van der Waals surface area contributed by atoms with Crippen molar-refractivity contribution in [1.29, 1.82) is 10.5 Å². The average Bonchev–Trinajstić information content (AvgIpc) is 0.808. The first-order valence-electron chi connectivity index (χ1n) is 34.7. The molecule has 3 amide bonds. The van der Waals surface area contributed by atoms with Crippen molar-refractivity contribution >= 4 is 118 Å². The number of halogens is 5. The van der Waals surface area contributed by atoms with E-state index < -0.39 is 23.4 Å². The number of carbonyl (C=O) groups is 3. The number of rotatable bonds is 14. The van der Waals surface area contributed by atoms with Crippen LogP contribution in [0.3, 0.4) is 0 Å². The first-order valence-corrected chi connectivity index (χ1v) is 35.4. The molecule has 0 spiro atoms. The van der Waals surface area contributed by atoms with Crippen molar-refractivity contribution in [3.8, 4) is 63.9 Å². The van der Waals surface area contributed by atoms with Crippen molar-refractivity contribution in [2.24, 2.45) is 0 Å². The molecule has 3 fully saturated rings. The zero-order valence-corrected chi connectivity index (χ0v) is 61.3. The van der Waals surface area contributed by atoms with E-state index in [2.05, 4.69) is 82.9 Å². The molecule has 0 saturated carbocycles. The number of fused-ring (bicyclic) bond motifs is 6. The number of phenols is 2. The predicted octanol–water partition coefficient (Wildman–Crippen LogP) is 12.5. The molecule has 15 rings (SSSR count). The average molecular weight is 1520 g/mol. The molecular weight excluding hydrogens is 1440 g/mol. The number of phenolic OH excluding ortho intramolecular Hbond substituents is 2. The fraction of sp³-hybridized carbons (Fsp3) is 0.266. The van der Waals surface area contributed by atoms with Gasteiger partial charge in [0.05, 0.1) is 92.4 Å². The molecule has 11 aromatic rings. The molecule has 0 bridgehead atoms. The summed E-state index contributed by atoms with van der Waals surface area (Å²) in [5, 5.41) is 51.7. The number of aryl methyl sites for hydroxylation is 1. The van der Waals surface area contributed by atoms with Crippen LogP contribution in [0.5, 0.6) is 29.5 Å². The highest BCUT2D eigenvalue weighted by Gasteiger charge is 2.36. The van der Waals surface area contributed by atoms with Gasteiger partial charge in [-0.25, -0.2) is 13.2 Å². The van der Waals surface area contributed by atoms with Crippen LogP contribution in [-0.2, 0) is 27.3 Å². The van der Waals surface area contributed by atoms with Crippen LogP contribution >= 0.6 is 23.2 Å². The summed E-state index contributed by atoms with van der Waals surface area (Å²) < 4.78 is 61.8. The van der Waals surface area contributed by atoms with E-state index in [1.54, 1.807) is 53.4 Å². The third-order valence-corrected chi connectivity index (χ3v) is 20.4. The second kappa shape index (κ2) is 31.9. The Morgan fingerprint density at radius 3 is 1.70 bits per heavy atom. The van der Waals surface area contributed by atoms with Crippen LogP contribution in [0.4, 0.5) is 36.3 Å². The van der Waals surface area contributed by atoms with Gasteiger partial charge in [-0.2, -0.15) is 45.5 Å². The van der Waals surface area contributed by atoms with Crippen LogP contribution in [0.1, 0.15) is 29.7 Å². The van der Waals surface area contributed by atoms with Gasteiger partial charge in [-0.05, 0) is 89.2 Å². The maximum atomic E-state index is 16.3. The van der Waals surface area contributed by atoms with E-state index in [1.165, 1.54) is 37.3 Å². The number of nitriles is 2. The number of ether oxygens (including phenoxy) is 3. The molecule has 2 atom stereocenters. The number of hydrogen-bond donors (Lipinski definition) is 3. The number of aromatic hydroxyl groups is 2. The predicted molar refractivity (Wildman–Crippen MR) is 411 cm³/mol. The maximum Gasteiger partial charge on any atom is 0.318 e. The monoisotopic (exact) mass is 1510 g/mol. The Morgan fingerprint density at radius 2 is 1.12 bits per heavy atom. The number of carbonyl (C=O) groups excluding carboxylic acids is 3. The molecule has 4 aromatic heterocycles. The maximum absolute atomic E-state index is 16.3. The van der Waals surface area contributed by atoms with Crippen molar-refractivity contribution in [2.75, 3.05) is 113 Å². The number of H-pyrrole nitrogens is 1. The van der Waals surface area contributed by atoms with Crippen molar-refractivity contribution < 1.29 is 52.0 Å². The lowest BCUT2D eigenvalue weighted by Gasteiger charge is -2.42. The Labute approximate surface area is 633 Å². The highest BCUT2D eigenvalue weighted by molar-refractivity contribution is 6.35. The van der Waals surface area contributed by atoms with Crippen LogP contribution in [-0.4, -0.2) is 188 Å². The molecule has 0 unspecified atom stereocenters. The lowest BCUT2D eigenvalue weighted by Crippen LogP contribution is -2.55. The van der Waals surface area contributed by atoms with Crippen molar-refractivity contribution in [2.45, 2.75) is 44.8 Å². The van der Waals surface area contributed by atoms with Crippen LogP contribution in [0.15, 0.2) is 141 Å². The van der Waals surface area contributed by atoms with Crippen LogP contribution < -0.4 is 33.8 Å². The van der Waals surface area contributed by atoms with Gasteiger partial charge in [-0.15, -0.1) is 0 Å². The lowest BCUT2D eigenvalue weighted by molar-refractivity contribution is -0.129. The van der Waals surface area contributed by atoms with E-state index in [0.29, 0.717) is 104 Å².